The molecule has 0 aliphatic carbocycles. The summed E-state index contributed by atoms with van der Waals surface area (Å²) in [7, 11) is 1.69. The van der Waals surface area contributed by atoms with E-state index in [1.54, 1.807) is 7.11 Å². The van der Waals surface area contributed by atoms with E-state index in [0.29, 0.717) is 30.6 Å². The van der Waals surface area contributed by atoms with E-state index in [9.17, 15) is 0 Å². The van der Waals surface area contributed by atoms with Crippen LogP contribution in [0.4, 0.5) is 0 Å². The average Bonchev–Trinajstić information content (AvgIpc) is 2.49. The van der Waals surface area contributed by atoms with Gasteiger partial charge in [0, 0.05) is 26.8 Å². The van der Waals surface area contributed by atoms with Crippen molar-refractivity contribution in [2.45, 2.75) is 26.3 Å². The van der Waals surface area contributed by atoms with Crippen LogP contribution in [0.5, 0.6) is 5.75 Å². The maximum absolute atomic E-state index is 6.21. The minimum absolute atomic E-state index is 0.523. The van der Waals surface area contributed by atoms with Crippen LogP contribution in [0.1, 0.15) is 25.3 Å². The van der Waals surface area contributed by atoms with Crippen LogP contribution in [0.3, 0.4) is 0 Å². The zero-order chi connectivity index (χ0) is 15.3. The number of hydrogen-bond acceptors (Lipinski definition) is 4. The monoisotopic (exact) mass is 315 g/mol. The van der Waals surface area contributed by atoms with Crippen LogP contribution < -0.4 is 10.1 Å². The van der Waals surface area contributed by atoms with Gasteiger partial charge in [-0.25, -0.2) is 0 Å². The quantitative estimate of drug-likeness (QED) is 0.601. The molecule has 5 heteroatoms. The van der Waals surface area contributed by atoms with Gasteiger partial charge in [-0.2, -0.15) is 0 Å². The van der Waals surface area contributed by atoms with Crippen molar-refractivity contribution < 1.29 is 14.2 Å². The van der Waals surface area contributed by atoms with E-state index in [4.69, 9.17) is 25.8 Å². The summed E-state index contributed by atoms with van der Waals surface area (Å²) in [6.45, 7) is 6.34. The summed E-state index contributed by atoms with van der Waals surface area (Å²) in [6.07, 6.45) is 2.23. The van der Waals surface area contributed by atoms with Crippen LogP contribution in [0.2, 0.25) is 5.02 Å². The number of hydrogen-bond donors (Lipinski definition) is 1. The van der Waals surface area contributed by atoms with E-state index in [2.05, 4.69) is 12.2 Å². The largest absolute Gasteiger partial charge is 0.490 e. The molecule has 120 valence electrons. The van der Waals surface area contributed by atoms with E-state index in [-0.39, 0.29) is 0 Å². The highest BCUT2D eigenvalue weighted by atomic mass is 35.5. The first kappa shape index (κ1) is 18.2. The molecule has 0 spiro atoms. The predicted molar refractivity (Wildman–Crippen MR) is 86.3 cm³/mol. The lowest BCUT2D eigenvalue weighted by atomic mass is 10.2. The summed E-state index contributed by atoms with van der Waals surface area (Å²) in [4.78, 5) is 0. The van der Waals surface area contributed by atoms with Gasteiger partial charge in [-0.05, 0) is 24.1 Å². The summed E-state index contributed by atoms with van der Waals surface area (Å²) in [5.74, 6) is 0.705. The fourth-order valence-corrected chi connectivity index (χ4v) is 2.00. The number of nitrogens with one attached hydrogen (secondary N) is 1. The number of unbranched alkanes of at least 4 members (excludes halogenated alkanes) is 1. The van der Waals surface area contributed by atoms with Crippen molar-refractivity contribution in [3.05, 3.63) is 28.8 Å². The van der Waals surface area contributed by atoms with Gasteiger partial charge in [0.1, 0.15) is 12.4 Å². The summed E-state index contributed by atoms with van der Waals surface area (Å²) in [5.41, 5.74) is 1.13. The molecule has 21 heavy (non-hydrogen) atoms. The van der Waals surface area contributed by atoms with Crippen LogP contribution >= 0.6 is 11.6 Å². The Kier molecular flexibility index (Phi) is 10.3. The van der Waals surface area contributed by atoms with Crippen molar-refractivity contribution in [1.29, 1.82) is 0 Å². The number of halogens is 1. The molecule has 0 heterocycles. The number of ether oxygens (including phenoxy) is 3. The van der Waals surface area contributed by atoms with Crippen molar-refractivity contribution >= 4 is 11.6 Å². The first-order chi connectivity index (χ1) is 10.3. The molecule has 1 rings (SSSR count). The van der Waals surface area contributed by atoms with Gasteiger partial charge in [-0.3, -0.25) is 0 Å². The molecule has 0 atom stereocenters. The second-order valence-corrected chi connectivity index (χ2v) is 5.16. The van der Waals surface area contributed by atoms with Gasteiger partial charge >= 0.3 is 0 Å². The summed E-state index contributed by atoms with van der Waals surface area (Å²) >= 11 is 6.21. The van der Waals surface area contributed by atoms with Gasteiger partial charge < -0.3 is 19.5 Å². The van der Waals surface area contributed by atoms with E-state index in [0.717, 1.165) is 38.1 Å². The molecule has 4 nitrogen and oxygen atoms in total. The molecule has 0 radical (unpaired) electrons. The summed E-state index contributed by atoms with van der Waals surface area (Å²) < 4.78 is 16.0. The lowest BCUT2D eigenvalue weighted by Gasteiger charge is -2.10. The van der Waals surface area contributed by atoms with E-state index >= 15 is 0 Å². The molecular weight excluding hydrogens is 290 g/mol. The van der Waals surface area contributed by atoms with Crippen molar-refractivity contribution in [3.8, 4) is 5.75 Å². The fourth-order valence-electron chi connectivity index (χ4n) is 1.74. The van der Waals surface area contributed by atoms with Crippen LogP contribution in [-0.4, -0.2) is 40.1 Å². The molecule has 0 unspecified atom stereocenters. The lowest BCUT2D eigenvalue weighted by molar-refractivity contribution is 0.0981. The SMILES string of the molecule is CCCCOCCOc1ccc(CNCCOC)cc1Cl. The number of rotatable bonds is 12. The molecular formula is C16H26ClNO3. The maximum Gasteiger partial charge on any atom is 0.138 e. The average molecular weight is 316 g/mol. The Morgan fingerprint density at radius 1 is 1.14 bits per heavy atom. The second-order valence-electron chi connectivity index (χ2n) is 4.75. The smallest absolute Gasteiger partial charge is 0.138 e. The lowest BCUT2D eigenvalue weighted by Crippen LogP contribution is -2.18. The van der Waals surface area contributed by atoms with Gasteiger partial charge in [-0.1, -0.05) is 31.0 Å². The van der Waals surface area contributed by atoms with Gasteiger partial charge in [0.2, 0.25) is 0 Å². The van der Waals surface area contributed by atoms with Crippen LogP contribution in [0.15, 0.2) is 18.2 Å². The molecule has 0 amide bonds. The van der Waals surface area contributed by atoms with E-state index in [1.165, 1.54) is 0 Å². The zero-order valence-corrected chi connectivity index (χ0v) is 13.7. The molecule has 0 saturated carbocycles. The zero-order valence-electron chi connectivity index (χ0n) is 13.0. The van der Waals surface area contributed by atoms with Crippen LogP contribution in [-0.2, 0) is 16.0 Å². The Bertz CT molecular complexity index is 388. The summed E-state index contributed by atoms with van der Waals surface area (Å²) in [5, 5.41) is 3.91. The predicted octanol–water partition coefficient (Wildman–Crippen LogP) is 3.27. The van der Waals surface area contributed by atoms with Crippen molar-refractivity contribution in [2.75, 3.05) is 40.1 Å². The third kappa shape index (κ3) is 8.27. The van der Waals surface area contributed by atoms with Gasteiger partial charge in [0.15, 0.2) is 0 Å². The Morgan fingerprint density at radius 2 is 2.00 bits per heavy atom. The molecule has 1 aromatic rings. The standard InChI is InChI=1S/C16H26ClNO3/c1-3-4-8-20-10-11-21-16-6-5-14(12-15(16)17)13-18-7-9-19-2/h5-6,12,18H,3-4,7-11,13H2,1-2H3. The van der Waals surface area contributed by atoms with Crippen LogP contribution in [0, 0.1) is 0 Å². The summed E-state index contributed by atoms with van der Waals surface area (Å²) in [6, 6.07) is 5.84. The third-order valence-electron chi connectivity index (χ3n) is 2.94. The Labute approximate surface area is 132 Å². The van der Waals surface area contributed by atoms with Gasteiger partial charge in [0.25, 0.3) is 0 Å². The van der Waals surface area contributed by atoms with Crippen molar-refractivity contribution in [3.63, 3.8) is 0 Å². The van der Waals surface area contributed by atoms with Gasteiger partial charge in [-0.15, -0.1) is 0 Å². The van der Waals surface area contributed by atoms with Crippen molar-refractivity contribution in [1.82, 2.24) is 5.32 Å². The molecule has 0 saturated heterocycles. The first-order valence-corrected chi connectivity index (χ1v) is 7.84. The minimum atomic E-state index is 0.523. The molecule has 0 aromatic heterocycles. The highest BCUT2D eigenvalue weighted by Crippen LogP contribution is 2.25. The molecule has 0 bridgehead atoms. The number of benzene rings is 1. The van der Waals surface area contributed by atoms with Gasteiger partial charge in [0.05, 0.1) is 18.2 Å². The second kappa shape index (κ2) is 11.8. The van der Waals surface area contributed by atoms with Crippen LogP contribution in [0.25, 0.3) is 0 Å². The Hall–Kier alpha value is -0.810. The molecule has 1 aromatic carbocycles. The topological polar surface area (TPSA) is 39.7 Å². The Morgan fingerprint density at radius 3 is 2.71 bits per heavy atom. The van der Waals surface area contributed by atoms with E-state index in [1.807, 2.05) is 18.2 Å². The number of methoxy groups -OCH3 is 1. The van der Waals surface area contributed by atoms with E-state index < -0.39 is 0 Å². The molecule has 1 N–H and O–H groups in total. The fraction of sp³-hybridized carbons (Fsp3) is 0.625. The highest BCUT2D eigenvalue weighted by Gasteiger charge is 2.03. The minimum Gasteiger partial charge on any atom is -0.490 e. The normalized spacial score (nSPS) is 10.8. The molecule has 0 fully saturated rings. The molecule has 0 aliphatic heterocycles. The molecule has 0 aliphatic rings. The maximum atomic E-state index is 6.21. The highest BCUT2D eigenvalue weighted by molar-refractivity contribution is 6.32. The van der Waals surface area contributed by atoms with Crippen molar-refractivity contribution in [2.24, 2.45) is 0 Å². The Balaban J connectivity index is 2.26. The third-order valence-corrected chi connectivity index (χ3v) is 3.23. The first-order valence-electron chi connectivity index (χ1n) is 7.46.